The number of hydrogen-bond donors (Lipinski definition) is 0. The minimum Gasteiger partial charge on any atom is -0.488 e. The van der Waals surface area contributed by atoms with Gasteiger partial charge in [-0.1, -0.05) is 0 Å². The molecule has 0 atom stereocenters. The lowest BCUT2D eigenvalue weighted by Crippen LogP contribution is -2.08. The van der Waals surface area contributed by atoms with Gasteiger partial charge in [-0.3, -0.25) is 0 Å². The van der Waals surface area contributed by atoms with Crippen LogP contribution in [0.2, 0.25) is 0 Å². The zero-order valence-electron chi connectivity index (χ0n) is 7.84. The Kier molecular flexibility index (Phi) is 3.03. The van der Waals surface area contributed by atoms with Crippen molar-refractivity contribution in [1.82, 2.24) is 0 Å². The van der Waals surface area contributed by atoms with E-state index in [1.807, 2.05) is 0 Å². The molecule has 0 saturated carbocycles. The molecule has 0 unspecified atom stereocenters. The lowest BCUT2D eigenvalue weighted by Gasteiger charge is -2.10. The Hall–Kier alpha value is -1.63. The second-order valence-electron chi connectivity index (χ2n) is 3.05. The summed E-state index contributed by atoms with van der Waals surface area (Å²) < 4.78 is 30.9. The molecule has 0 radical (unpaired) electrons. The molecular weight excluding hydrogens is 188 g/mol. The summed E-state index contributed by atoms with van der Waals surface area (Å²) >= 11 is 0. The first-order valence-corrected chi connectivity index (χ1v) is 4.10. The maximum absolute atomic E-state index is 13.1. The predicted molar refractivity (Wildman–Crippen MR) is 46.8 cm³/mol. The van der Waals surface area contributed by atoms with Crippen LogP contribution in [-0.4, -0.2) is 6.10 Å². The van der Waals surface area contributed by atoms with Crippen LogP contribution in [-0.2, 0) is 0 Å². The largest absolute Gasteiger partial charge is 0.488 e. The van der Waals surface area contributed by atoms with Gasteiger partial charge in [-0.15, -0.1) is 0 Å². The van der Waals surface area contributed by atoms with E-state index in [1.165, 1.54) is 6.07 Å². The lowest BCUT2D eigenvalue weighted by molar-refractivity contribution is 0.228. The third kappa shape index (κ3) is 2.19. The van der Waals surface area contributed by atoms with E-state index in [9.17, 15) is 8.78 Å². The van der Waals surface area contributed by atoms with Gasteiger partial charge in [0.25, 0.3) is 0 Å². The summed E-state index contributed by atoms with van der Waals surface area (Å²) in [7, 11) is 0. The Morgan fingerprint density at radius 2 is 2.00 bits per heavy atom. The second kappa shape index (κ2) is 4.05. The van der Waals surface area contributed by atoms with Gasteiger partial charge < -0.3 is 4.74 Å². The van der Waals surface area contributed by atoms with E-state index in [-0.39, 0.29) is 17.4 Å². The monoisotopic (exact) mass is 197 g/mol. The highest BCUT2D eigenvalue weighted by atomic mass is 19.2. The first-order chi connectivity index (χ1) is 6.54. The molecule has 14 heavy (non-hydrogen) atoms. The van der Waals surface area contributed by atoms with Gasteiger partial charge in [-0.05, 0) is 19.9 Å². The molecule has 0 bridgehead atoms. The van der Waals surface area contributed by atoms with Crippen LogP contribution in [0.4, 0.5) is 8.78 Å². The van der Waals surface area contributed by atoms with Crippen molar-refractivity contribution in [2.24, 2.45) is 0 Å². The standard InChI is InChI=1S/C10H9F2NO/c1-6(2)14-9-4-7(5-13)3-8(11)10(9)12/h3-4,6H,1-2H3. The third-order valence-corrected chi connectivity index (χ3v) is 1.49. The van der Waals surface area contributed by atoms with Gasteiger partial charge >= 0.3 is 0 Å². The van der Waals surface area contributed by atoms with E-state index in [0.29, 0.717) is 0 Å². The van der Waals surface area contributed by atoms with Crippen molar-refractivity contribution in [2.75, 3.05) is 0 Å². The number of halogens is 2. The van der Waals surface area contributed by atoms with Gasteiger partial charge in [0.15, 0.2) is 11.6 Å². The molecule has 0 N–H and O–H groups in total. The molecule has 0 saturated heterocycles. The zero-order chi connectivity index (χ0) is 10.7. The zero-order valence-corrected chi connectivity index (χ0v) is 7.84. The molecule has 1 aromatic rings. The number of rotatable bonds is 2. The average molecular weight is 197 g/mol. The summed E-state index contributed by atoms with van der Waals surface area (Å²) in [6, 6.07) is 3.74. The number of ether oxygens (including phenoxy) is 1. The molecule has 0 fully saturated rings. The van der Waals surface area contributed by atoms with Gasteiger partial charge in [0.05, 0.1) is 17.7 Å². The number of benzene rings is 1. The van der Waals surface area contributed by atoms with Crippen LogP contribution in [0.25, 0.3) is 0 Å². The minimum atomic E-state index is -1.07. The topological polar surface area (TPSA) is 33.0 Å². The molecule has 0 aliphatic carbocycles. The summed E-state index contributed by atoms with van der Waals surface area (Å²) in [6.07, 6.45) is -0.266. The lowest BCUT2D eigenvalue weighted by atomic mass is 10.2. The second-order valence-corrected chi connectivity index (χ2v) is 3.05. The number of nitrogens with zero attached hydrogens (tertiary/aromatic N) is 1. The van der Waals surface area contributed by atoms with Crippen LogP contribution in [0.3, 0.4) is 0 Å². The van der Waals surface area contributed by atoms with Gasteiger partial charge in [0, 0.05) is 6.07 Å². The van der Waals surface area contributed by atoms with E-state index >= 15 is 0 Å². The first kappa shape index (κ1) is 10.5. The summed E-state index contributed by atoms with van der Waals surface area (Å²) in [5.74, 6) is -2.35. The molecule has 0 heterocycles. The van der Waals surface area contributed by atoms with E-state index in [1.54, 1.807) is 19.9 Å². The van der Waals surface area contributed by atoms with Crippen molar-refractivity contribution in [1.29, 1.82) is 5.26 Å². The Morgan fingerprint density at radius 3 is 2.50 bits per heavy atom. The maximum Gasteiger partial charge on any atom is 0.200 e. The molecule has 0 amide bonds. The molecule has 1 rings (SSSR count). The van der Waals surface area contributed by atoms with Crippen molar-refractivity contribution >= 4 is 0 Å². The van der Waals surface area contributed by atoms with Crippen LogP contribution in [0.15, 0.2) is 12.1 Å². The van der Waals surface area contributed by atoms with Crippen LogP contribution in [0, 0.1) is 23.0 Å². The molecule has 0 aliphatic heterocycles. The Bertz CT molecular complexity index is 382. The van der Waals surface area contributed by atoms with E-state index < -0.39 is 11.6 Å². The molecule has 1 aromatic carbocycles. The highest BCUT2D eigenvalue weighted by Gasteiger charge is 2.12. The van der Waals surface area contributed by atoms with Gasteiger partial charge in [0.2, 0.25) is 5.82 Å². The molecular formula is C10H9F2NO. The molecule has 2 nitrogen and oxygen atoms in total. The van der Waals surface area contributed by atoms with Crippen molar-refractivity contribution in [3.05, 3.63) is 29.3 Å². The fraction of sp³-hybridized carbons (Fsp3) is 0.300. The molecule has 0 spiro atoms. The molecule has 4 heteroatoms. The fourth-order valence-corrected chi connectivity index (χ4v) is 0.968. The van der Waals surface area contributed by atoms with Crippen LogP contribution in [0.1, 0.15) is 19.4 Å². The summed E-state index contributed by atoms with van der Waals surface area (Å²) in [5.41, 5.74) is 0.0413. The van der Waals surface area contributed by atoms with E-state index in [0.717, 1.165) is 6.07 Å². The Morgan fingerprint density at radius 1 is 1.36 bits per heavy atom. The van der Waals surface area contributed by atoms with Crippen molar-refractivity contribution in [3.63, 3.8) is 0 Å². The Labute approximate surface area is 80.7 Å². The first-order valence-electron chi connectivity index (χ1n) is 4.10. The van der Waals surface area contributed by atoms with Gasteiger partial charge in [0.1, 0.15) is 0 Å². The predicted octanol–water partition coefficient (Wildman–Crippen LogP) is 2.62. The van der Waals surface area contributed by atoms with E-state index in [2.05, 4.69) is 0 Å². The van der Waals surface area contributed by atoms with Gasteiger partial charge in [-0.25, -0.2) is 4.39 Å². The van der Waals surface area contributed by atoms with Crippen molar-refractivity contribution in [3.8, 4) is 11.8 Å². The summed E-state index contributed by atoms with van der Waals surface area (Å²) in [4.78, 5) is 0. The van der Waals surface area contributed by atoms with Crippen LogP contribution >= 0.6 is 0 Å². The molecule has 0 aliphatic rings. The molecule has 0 aromatic heterocycles. The quantitative estimate of drug-likeness (QED) is 0.730. The van der Waals surface area contributed by atoms with E-state index in [4.69, 9.17) is 10.00 Å². The highest BCUT2D eigenvalue weighted by molar-refractivity contribution is 5.38. The summed E-state index contributed by atoms with van der Waals surface area (Å²) in [5, 5.41) is 8.52. The summed E-state index contributed by atoms with van der Waals surface area (Å²) in [6.45, 7) is 3.38. The smallest absolute Gasteiger partial charge is 0.200 e. The number of hydrogen-bond acceptors (Lipinski definition) is 2. The Balaban J connectivity index is 3.15. The number of nitriles is 1. The van der Waals surface area contributed by atoms with Crippen molar-refractivity contribution in [2.45, 2.75) is 20.0 Å². The fourth-order valence-electron chi connectivity index (χ4n) is 0.968. The van der Waals surface area contributed by atoms with Gasteiger partial charge in [-0.2, -0.15) is 9.65 Å². The molecule has 74 valence electrons. The highest BCUT2D eigenvalue weighted by Crippen LogP contribution is 2.22. The maximum atomic E-state index is 13.1. The van der Waals surface area contributed by atoms with Crippen LogP contribution in [0.5, 0.6) is 5.75 Å². The van der Waals surface area contributed by atoms with Crippen molar-refractivity contribution < 1.29 is 13.5 Å². The third-order valence-electron chi connectivity index (χ3n) is 1.49. The SMILES string of the molecule is CC(C)Oc1cc(C#N)cc(F)c1F. The van der Waals surface area contributed by atoms with Crippen LogP contribution < -0.4 is 4.74 Å². The minimum absolute atomic E-state index is 0.0413. The normalized spacial score (nSPS) is 10.0. The average Bonchev–Trinajstić information content (AvgIpc) is 2.11.